The molecular weight excluding hydrogens is 254 g/mol. The fourth-order valence-electron chi connectivity index (χ4n) is 2.60. The number of carbonyl (C=O) groups is 2. The molecule has 1 saturated heterocycles. The monoisotopic (exact) mass is 275 g/mol. The molecular formula is C15H21N3O2. The van der Waals surface area contributed by atoms with Crippen LogP contribution in [0.1, 0.15) is 36.5 Å². The highest BCUT2D eigenvalue weighted by Gasteiger charge is 2.39. The molecule has 1 unspecified atom stereocenters. The van der Waals surface area contributed by atoms with Crippen molar-refractivity contribution in [1.29, 1.82) is 0 Å². The van der Waals surface area contributed by atoms with Crippen molar-refractivity contribution in [2.24, 2.45) is 0 Å². The smallest absolute Gasteiger partial charge is 0.251 e. The van der Waals surface area contributed by atoms with Gasteiger partial charge in [0.15, 0.2) is 0 Å². The first-order valence-electron chi connectivity index (χ1n) is 7.00. The molecule has 2 amide bonds. The summed E-state index contributed by atoms with van der Waals surface area (Å²) in [5.41, 5.74) is 0.719. The number of hydrogen-bond donors (Lipinski definition) is 3. The molecule has 1 aromatic carbocycles. The van der Waals surface area contributed by atoms with Crippen molar-refractivity contribution in [1.82, 2.24) is 10.6 Å². The Labute approximate surface area is 119 Å². The summed E-state index contributed by atoms with van der Waals surface area (Å²) in [5.74, 6) is -0.183. The fourth-order valence-corrected chi connectivity index (χ4v) is 2.60. The average molecular weight is 275 g/mol. The van der Waals surface area contributed by atoms with Crippen molar-refractivity contribution in [3.63, 3.8) is 0 Å². The van der Waals surface area contributed by atoms with E-state index in [9.17, 15) is 9.59 Å². The van der Waals surface area contributed by atoms with E-state index in [1.54, 1.807) is 31.3 Å². The van der Waals surface area contributed by atoms with E-state index in [-0.39, 0.29) is 11.8 Å². The Morgan fingerprint density at radius 2 is 2.20 bits per heavy atom. The zero-order chi connectivity index (χ0) is 14.6. The molecule has 0 saturated carbocycles. The Kier molecular flexibility index (Phi) is 4.39. The van der Waals surface area contributed by atoms with Crippen LogP contribution in [0.4, 0.5) is 5.69 Å². The van der Waals surface area contributed by atoms with E-state index in [1.807, 2.05) is 6.92 Å². The van der Waals surface area contributed by atoms with Gasteiger partial charge in [0.25, 0.3) is 5.91 Å². The molecule has 2 rings (SSSR count). The van der Waals surface area contributed by atoms with Crippen LogP contribution >= 0.6 is 0 Å². The van der Waals surface area contributed by atoms with E-state index in [1.165, 1.54) is 0 Å². The van der Waals surface area contributed by atoms with E-state index in [0.29, 0.717) is 11.3 Å². The van der Waals surface area contributed by atoms with E-state index in [4.69, 9.17) is 0 Å². The van der Waals surface area contributed by atoms with Crippen LogP contribution < -0.4 is 16.0 Å². The van der Waals surface area contributed by atoms with Crippen molar-refractivity contribution < 1.29 is 9.59 Å². The number of nitrogens with one attached hydrogen (secondary N) is 3. The fraction of sp³-hybridized carbons (Fsp3) is 0.467. The molecule has 108 valence electrons. The van der Waals surface area contributed by atoms with Gasteiger partial charge < -0.3 is 16.0 Å². The van der Waals surface area contributed by atoms with E-state index in [0.717, 1.165) is 25.8 Å². The standard InChI is InChI=1S/C15H21N3O2/c1-3-15(8-5-9-17-15)14(20)18-12-7-4-6-11(10-12)13(19)16-2/h4,6-7,10,17H,3,5,8-9H2,1-2H3,(H,16,19)(H,18,20). The zero-order valence-corrected chi connectivity index (χ0v) is 12.0. The Morgan fingerprint density at radius 3 is 2.80 bits per heavy atom. The number of rotatable bonds is 4. The largest absolute Gasteiger partial charge is 0.355 e. The molecule has 3 N–H and O–H groups in total. The van der Waals surface area contributed by atoms with Crippen molar-refractivity contribution in [2.75, 3.05) is 18.9 Å². The Hall–Kier alpha value is -1.88. The molecule has 20 heavy (non-hydrogen) atoms. The Bertz CT molecular complexity index is 508. The van der Waals surface area contributed by atoms with Gasteiger partial charge in [0.2, 0.25) is 5.91 Å². The van der Waals surface area contributed by atoms with Crippen LogP contribution in [0.5, 0.6) is 0 Å². The summed E-state index contributed by atoms with van der Waals surface area (Å²) in [6, 6.07) is 6.97. The van der Waals surface area contributed by atoms with Gasteiger partial charge in [0.05, 0.1) is 5.54 Å². The number of carbonyl (C=O) groups excluding carboxylic acids is 2. The van der Waals surface area contributed by atoms with E-state index < -0.39 is 5.54 Å². The van der Waals surface area contributed by atoms with Crippen molar-refractivity contribution in [2.45, 2.75) is 31.7 Å². The Balaban J connectivity index is 2.13. The summed E-state index contributed by atoms with van der Waals surface area (Å²) in [5, 5.41) is 8.78. The second kappa shape index (κ2) is 6.05. The molecule has 1 aliphatic heterocycles. The molecule has 0 radical (unpaired) electrons. The lowest BCUT2D eigenvalue weighted by atomic mass is 9.93. The van der Waals surface area contributed by atoms with Crippen molar-refractivity contribution >= 4 is 17.5 Å². The average Bonchev–Trinajstić information content (AvgIpc) is 2.97. The highest BCUT2D eigenvalue weighted by molar-refractivity contribution is 6.00. The first-order valence-corrected chi connectivity index (χ1v) is 7.00. The normalized spacial score (nSPS) is 21.5. The molecule has 1 fully saturated rings. The lowest BCUT2D eigenvalue weighted by Crippen LogP contribution is -2.50. The Morgan fingerprint density at radius 1 is 1.40 bits per heavy atom. The third-order valence-corrected chi connectivity index (χ3v) is 3.89. The minimum atomic E-state index is -0.469. The SMILES string of the molecule is CCC1(C(=O)Nc2cccc(C(=O)NC)c2)CCCN1. The maximum absolute atomic E-state index is 12.4. The topological polar surface area (TPSA) is 70.2 Å². The van der Waals surface area contributed by atoms with Crippen LogP contribution in [0.25, 0.3) is 0 Å². The highest BCUT2D eigenvalue weighted by Crippen LogP contribution is 2.25. The van der Waals surface area contributed by atoms with Gasteiger partial charge in [-0.15, -0.1) is 0 Å². The summed E-state index contributed by atoms with van der Waals surface area (Å²) in [7, 11) is 1.59. The molecule has 1 heterocycles. The van der Waals surface area contributed by atoms with E-state index >= 15 is 0 Å². The van der Waals surface area contributed by atoms with Gasteiger partial charge in [-0.05, 0) is 44.0 Å². The molecule has 0 spiro atoms. The predicted octanol–water partition coefficient (Wildman–Crippen LogP) is 1.52. The molecule has 0 bridgehead atoms. The first kappa shape index (κ1) is 14.5. The number of benzene rings is 1. The summed E-state index contributed by atoms with van der Waals surface area (Å²) in [4.78, 5) is 24.0. The zero-order valence-electron chi connectivity index (χ0n) is 12.0. The third-order valence-electron chi connectivity index (χ3n) is 3.89. The summed E-state index contributed by atoms with van der Waals surface area (Å²) >= 11 is 0. The molecule has 0 aliphatic carbocycles. The lowest BCUT2D eigenvalue weighted by molar-refractivity contribution is -0.122. The quantitative estimate of drug-likeness (QED) is 0.780. The van der Waals surface area contributed by atoms with Crippen LogP contribution in [-0.2, 0) is 4.79 Å². The minimum absolute atomic E-state index is 0.0217. The minimum Gasteiger partial charge on any atom is -0.355 e. The maximum Gasteiger partial charge on any atom is 0.251 e. The maximum atomic E-state index is 12.4. The summed E-state index contributed by atoms with van der Waals surface area (Å²) < 4.78 is 0. The highest BCUT2D eigenvalue weighted by atomic mass is 16.2. The van der Waals surface area contributed by atoms with Gasteiger partial charge >= 0.3 is 0 Å². The van der Waals surface area contributed by atoms with Gasteiger partial charge in [-0.2, -0.15) is 0 Å². The van der Waals surface area contributed by atoms with Gasteiger partial charge in [-0.3, -0.25) is 9.59 Å². The summed E-state index contributed by atoms with van der Waals surface area (Å²) in [6.07, 6.45) is 2.62. The number of anilines is 1. The molecule has 5 nitrogen and oxygen atoms in total. The van der Waals surface area contributed by atoms with Crippen molar-refractivity contribution in [3.05, 3.63) is 29.8 Å². The van der Waals surface area contributed by atoms with Crippen LogP contribution in [0.15, 0.2) is 24.3 Å². The molecule has 1 aromatic rings. The summed E-state index contributed by atoms with van der Waals surface area (Å²) in [6.45, 7) is 2.89. The molecule has 1 aliphatic rings. The van der Waals surface area contributed by atoms with E-state index in [2.05, 4.69) is 16.0 Å². The van der Waals surface area contributed by atoms with Crippen LogP contribution in [-0.4, -0.2) is 30.9 Å². The second-order valence-corrected chi connectivity index (χ2v) is 5.08. The number of amides is 2. The van der Waals surface area contributed by atoms with Crippen LogP contribution in [0, 0.1) is 0 Å². The third kappa shape index (κ3) is 2.82. The van der Waals surface area contributed by atoms with Crippen LogP contribution in [0.2, 0.25) is 0 Å². The molecule has 1 atom stereocenters. The van der Waals surface area contributed by atoms with Crippen molar-refractivity contribution in [3.8, 4) is 0 Å². The van der Waals surface area contributed by atoms with Gasteiger partial charge in [0.1, 0.15) is 0 Å². The molecule has 5 heteroatoms. The van der Waals surface area contributed by atoms with Gasteiger partial charge in [-0.1, -0.05) is 13.0 Å². The second-order valence-electron chi connectivity index (χ2n) is 5.08. The molecule has 0 aromatic heterocycles. The van der Waals surface area contributed by atoms with Crippen LogP contribution in [0.3, 0.4) is 0 Å². The van der Waals surface area contributed by atoms with Gasteiger partial charge in [-0.25, -0.2) is 0 Å². The lowest BCUT2D eigenvalue weighted by Gasteiger charge is -2.26. The predicted molar refractivity (Wildman–Crippen MR) is 78.7 cm³/mol. The number of hydrogen-bond acceptors (Lipinski definition) is 3. The first-order chi connectivity index (χ1) is 9.61. The van der Waals surface area contributed by atoms with Gasteiger partial charge in [0, 0.05) is 18.3 Å².